The second-order valence-electron chi connectivity index (χ2n) is 34.7. The summed E-state index contributed by atoms with van der Waals surface area (Å²) in [4.78, 5) is 18.5. The van der Waals surface area contributed by atoms with Crippen molar-refractivity contribution in [1.82, 2.24) is 19.9 Å². The van der Waals surface area contributed by atoms with Gasteiger partial charge in [0.1, 0.15) is 32.7 Å². The molecule has 0 aliphatic heterocycles. The van der Waals surface area contributed by atoms with Crippen molar-refractivity contribution in [1.29, 1.82) is 0 Å². The second-order valence-corrected chi connectivity index (χ2v) is 34.7. The maximum Gasteiger partial charge on any atom is 0.287 e. The monoisotopic (exact) mass is 1610 g/mol. The lowest BCUT2D eigenvalue weighted by molar-refractivity contribution is -0.662. The van der Waals surface area contributed by atoms with Gasteiger partial charge < -0.3 is 13.3 Å². The van der Waals surface area contributed by atoms with Crippen LogP contribution in [0.2, 0.25) is 0 Å². The number of hydrogen-bond acceptors (Lipinski definition) is 7. The van der Waals surface area contributed by atoms with Gasteiger partial charge in [0.2, 0.25) is 50.8 Å². The van der Waals surface area contributed by atoms with Gasteiger partial charge in [0.05, 0.1) is 29.1 Å². The van der Waals surface area contributed by atoms with Crippen LogP contribution in [0.5, 0.6) is 0 Å². The molecule has 11 nitrogen and oxygen atoms in total. The minimum atomic E-state index is -2.30. The Morgan fingerprint density at radius 3 is 1.31 bits per heavy atom. The van der Waals surface area contributed by atoms with E-state index >= 15 is 0 Å². The average Bonchev–Trinajstić information content (AvgIpc) is 1.49. The molecule has 0 unspecified atom stereocenters. The fraction of sp³-hybridized carbons (Fsp3) is 0.284. The van der Waals surface area contributed by atoms with E-state index in [-0.39, 0.29) is 23.2 Å². The van der Waals surface area contributed by atoms with Gasteiger partial charge in [-0.1, -0.05) is 122 Å². The second kappa shape index (κ2) is 33.0. The summed E-state index contributed by atoms with van der Waals surface area (Å²) in [6.07, 6.45) is 1.05. The average molecular weight is 1610 g/mol. The van der Waals surface area contributed by atoms with Crippen LogP contribution in [0.4, 0.5) is 4.39 Å². The SMILES string of the molecule is Cc1cc(-c2c3ccc(CC(C)C)cc3nc[n+]2C)c(C)c(C)c1F.Cc1ccc2c(n1)oc1c(-c3ccc4c(CC(C)C)cccc4[n+]3C)c(C)c(C)cc12.[2H]C([2H])([2H])c1cc2c(oc3nc(C)ccc32)c(-c2ccc3c(C([2H])([2H])C(C)C)cccc3[n+]2C)c1C.[2H]C([2H])(c1cccc2c1ccc(-c1c(C)c3ccccc3c3c1oc1nc(C)ccc13)[n+]2C)C(C)C. The summed E-state index contributed by atoms with van der Waals surface area (Å²) in [5.74, 6) is 0.794. The molecule has 0 aliphatic carbocycles. The fourth-order valence-electron chi connectivity index (χ4n) is 18.0. The first-order chi connectivity index (χ1) is 60.7. The molecule has 19 rings (SSSR count). The lowest BCUT2D eigenvalue weighted by Gasteiger charge is -2.14. The van der Waals surface area contributed by atoms with E-state index in [1.807, 2.05) is 172 Å². The topological polar surface area (TPSA) is 106 Å². The number of pyridine rings is 6. The van der Waals surface area contributed by atoms with Crippen molar-refractivity contribution >= 4 is 121 Å². The van der Waals surface area contributed by atoms with E-state index in [0.717, 1.165) is 168 Å². The highest BCUT2D eigenvalue weighted by atomic mass is 19.1. The van der Waals surface area contributed by atoms with Crippen LogP contribution in [-0.2, 0) is 53.8 Å². The van der Waals surface area contributed by atoms with Gasteiger partial charge in [-0.15, -0.1) is 0 Å². The Morgan fingerprint density at radius 1 is 0.372 bits per heavy atom. The molecule has 0 fully saturated rings. The van der Waals surface area contributed by atoms with E-state index in [9.17, 15) is 4.39 Å². The highest BCUT2D eigenvalue weighted by Gasteiger charge is 2.31. The molecule has 12 heteroatoms. The molecular formula is C109H113FN8O3+4. The summed E-state index contributed by atoms with van der Waals surface area (Å²) in [6.45, 7) is 34.2. The number of halogens is 1. The number of aromatic nitrogens is 8. The van der Waals surface area contributed by atoms with Crippen LogP contribution in [-0.4, -0.2) is 19.9 Å². The highest BCUT2D eigenvalue weighted by molar-refractivity contribution is 6.23. The van der Waals surface area contributed by atoms with Crippen LogP contribution < -0.4 is 18.3 Å². The van der Waals surface area contributed by atoms with E-state index < -0.39 is 19.6 Å². The summed E-state index contributed by atoms with van der Waals surface area (Å²) in [7, 11) is 8.13. The minimum absolute atomic E-state index is 0.110. The Hall–Kier alpha value is -12.4. The van der Waals surface area contributed by atoms with Gasteiger partial charge in [0.15, 0.2) is 22.3 Å². The lowest BCUT2D eigenvalue weighted by atomic mass is 9.92. The molecular weight excluding hydrogens is 1490 g/mol. The predicted octanol–water partition coefficient (Wildman–Crippen LogP) is 26.1. The minimum Gasteiger partial charge on any atom is -0.437 e. The molecule has 0 saturated carbocycles. The van der Waals surface area contributed by atoms with E-state index in [1.54, 1.807) is 6.07 Å². The highest BCUT2D eigenvalue weighted by Crippen LogP contribution is 2.45. The molecule has 0 spiro atoms. The molecule has 0 bridgehead atoms. The van der Waals surface area contributed by atoms with Gasteiger partial charge in [-0.05, 0) is 293 Å². The van der Waals surface area contributed by atoms with Crippen molar-refractivity contribution in [2.75, 3.05) is 0 Å². The number of rotatable bonds is 12. The van der Waals surface area contributed by atoms with Crippen LogP contribution >= 0.6 is 0 Å². The van der Waals surface area contributed by atoms with E-state index in [2.05, 4.69) is 202 Å². The van der Waals surface area contributed by atoms with Crippen LogP contribution in [0.1, 0.15) is 149 Å². The zero-order chi connectivity index (χ0) is 91.7. The molecule has 10 aromatic heterocycles. The first-order valence-corrected chi connectivity index (χ1v) is 42.3. The van der Waals surface area contributed by atoms with Crippen molar-refractivity contribution in [3.63, 3.8) is 0 Å². The first kappa shape index (κ1) is 73.7. The standard InChI is InChI=1S/C31H29N2O.2C28H29N2O.C22H26FN2/c1-18(2)17-21-9-8-12-26-23(21)15-16-27(33(26)5)28-20(4)22-10-6-7-11-24(22)29-25-14-13-19(3)32-31(25)34-30(28)29;2*1-16(2)14-20-8-7-9-24-21(20)12-13-25(30(24)6)26-19(5)17(3)15-23-22-11-10-18(4)29-28(22)31-27(23)26;1-13(2)9-17-7-8-18-20(11-17)24-12-25(6)22(18)19-10-14(3)21(23)16(5)15(19)4/h6-16,18H,17H2,1-5H3;2*7-13,15-16H,14H2,1-6H3;7-8,10-13H,9H2,1-6H3/q4*+1/i17D2;3D3,14D2;;. The Bertz CT molecular complexity index is 7730. The molecule has 0 atom stereocenters. The van der Waals surface area contributed by atoms with Gasteiger partial charge in [-0.25, -0.2) is 23.9 Å². The third-order valence-corrected chi connectivity index (χ3v) is 24.2. The Labute approximate surface area is 720 Å². The molecule has 19 aromatic rings. The molecule has 0 N–H and O–H groups in total. The third kappa shape index (κ3) is 15.2. The Kier molecular flexibility index (Phi) is 20.1. The quantitative estimate of drug-likeness (QED) is 0.112. The molecule has 121 heavy (non-hydrogen) atoms. The number of aryl methyl sites for hydroxylation is 11. The normalized spacial score (nSPS) is 13.1. The van der Waals surface area contributed by atoms with Crippen molar-refractivity contribution in [2.24, 2.45) is 51.9 Å². The predicted molar refractivity (Wildman–Crippen MR) is 499 cm³/mol. The van der Waals surface area contributed by atoms with E-state index in [0.29, 0.717) is 62.2 Å². The molecule has 9 aromatic carbocycles. The zero-order valence-electron chi connectivity index (χ0n) is 80.9. The van der Waals surface area contributed by atoms with E-state index in [4.69, 9.17) is 27.8 Å². The van der Waals surface area contributed by atoms with Gasteiger partial charge in [0, 0.05) is 117 Å². The molecule has 610 valence electrons. The lowest BCUT2D eigenvalue weighted by Crippen LogP contribution is -2.32. The maximum atomic E-state index is 14.3. The van der Waals surface area contributed by atoms with Gasteiger partial charge in [0.25, 0.3) is 6.33 Å². The van der Waals surface area contributed by atoms with Gasteiger partial charge in [-0.3, -0.25) is 0 Å². The fourth-order valence-corrected chi connectivity index (χ4v) is 18.0. The summed E-state index contributed by atoms with van der Waals surface area (Å²) in [6, 6.07) is 63.8. The number of nitrogens with zero attached hydrogens (tertiary/aromatic N) is 8. The summed E-state index contributed by atoms with van der Waals surface area (Å²) < 4.78 is 101. The largest absolute Gasteiger partial charge is 0.437 e. The number of fused-ring (bicyclic) bond motifs is 15. The van der Waals surface area contributed by atoms with Crippen molar-refractivity contribution in [3.05, 3.63) is 284 Å². The van der Waals surface area contributed by atoms with Crippen molar-refractivity contribution < 1.29 is 45.5 Å². The summed E-state index contributed by atoms with van der Waals surface area (Å²) in [5.41, 5.74) is 30.0. The summed E-state index contributed by atoms with van der Waals surface area (Å²) in [5, 5.41) is 12.3. The van der Waals surface area contributed by atoms with Crippen LogP contribution in [0.25, 0.3) is 166 Å². The van der Waals surface area contributed by atoms with Crippen molar-refractivity contribution in [3.8, 4) is 45.0 Å². The Morgan fingerprint density at radius 2 is 0.810 bits per heavy atom. The summed E-state index contributed by atoms with van der Waals surface area (Å²) >= 11 is 0. The number of benzene rings is 9. The van der Waals surface area contributed by atoms with Crippen LogP contribution in [0, 0.1) is 106 Å². The molecule has 0 radical (unpaired) electrons. The van der Waals surface area contributed by atoms with Crippen molar-refractivity contribution in [2.45, 2.75) is 157 Å². The van der Waals surface area contributed by atoms with Crippen LogP contribution in [0.15, 0.2) is 208 Å². The molecule has 0 amide bonds. The number of furan rings is 3. The first-order valence-electron chi connectivity index (χ1n) is 45.8. The molecule has 0 aliphatic rings. The Balaban J connectivity index is 0.000000126. The molecule has 10 heterocycles. The van der Waals surface area contributed by atoms with Gasteiger partial charge >= 0.3 is 0 Å². The molecule has 0 saturated heterocycles. The van der Waals surface area contributed by atoms with E-state index in [1.165, 1.54) is 38.5 Å². The smallest absolute Gasteiger partial charge is 0.287 e. The van der Waals surface area contributed by atoms with Gasteiger partial charge in [-0.2, -0.15) is 13.7 Å². The zero-order valence-corrected chi connectivity index (χ0v) is 73.9. The maximum absolute atomic E-state index is 14.3. The third-order valence-electron chi connectivity index (χ3n) is 24.2. The van der Waals surface area contributed by atoms with Crippen LogP contribution in [0.3, 0.4) is 0 Å². The number of hydrogen-bond donors (Lipinski definition) is 0.